The third kappa shape index (κ3) is 3.10. The fourth-order valence-electron chi connectivity index (χ4n) is 3.88. The molecule has 3 heterocycles. The smallest absolute Gasteiger partial charge is 0.228 e. The van der Waals surface area contributed by atoms with Crippen LogP contribution < -0.4 is 0 Å². The van der Waals surface area contributed by atoms with Gasteiger partial charge in [0.05, 0.1) is 0 Å². The highest BCUT2D eigenvalue weighted by atomic mass is 32.1. The Morgan fingerprint density at radius 1 is 1.45 bits per heavy atom. The number of hydrogen-bond acceptors (Lipinski definition) is 4. The zero-order chi connectivity index (χ0) is 15.7. The van der Waals surface area contributed by atoms with E-state index in [-0.39, 0.29) is 11.3 Å². The predicted octanol–water partition coefficient (Wildman–Crippen LogP) is 3.20. The Morgan fingerprint density at radius 2 is 2.27 bits per heavy atom. The van der Waals surface area contributed by atoms with E-state index in [2.05, 4.69) is 28.7 Å². The van der Waals surface area contributed by atoms with Crippen LogP contribution in [0.25, 0.3) is 0 Å². The molecule has 120 valence electrons. The summed E-state index contributed by atoms with van der Waals surface area (Å²) in [5.74, 6) is 1.10. The van der Waals surface area contributed by atoms with Crippen molar-refractivity contribution in [3.63, 3.8) is 0 Å². The summed E-state index contributed by atoms with van der Waals surface area (Å²) in [5.41, 5.74) is 1.34. The van der Waals surface area contributed by atoms with Gasteiger partial charge in [-0.2, -0.15) is 11.3 Å². The topological polar surface area (TPSA) is 47.4 Å². The summed E-state index contributed by atoms with van der Waals surface area (Å²) in [4.78, 5) is 16.2. The van der Waals surface area contributed by atoms with Crippen LogP contribution in [-0.2, 0) is 11.3 Å². The number of piperidine rings is 2. The second kappa shape index (κ2) is 6.13. The highest BCUT2D eigenvalue weighted by molar-refractivity contribution is 7.07. The number of amidine groups is 1. The number of hydrogen-bond donors (Lipinski definition) is 1. The van der Waals surface area contributed by atoms with Gasteiger partial charge >= 0.3 is 0 Å². The van der Waals surface area contributed by atoms with E-state index in [0.29, 0.717) is 18.2 Å². The first kappa shape index (κ1) is 15.7. The fourth-order valence-corrected chi connectivity index (χ4v) is 4.54. The van der Waals surface area contributed by atoms with Gasteiger partial charge < -0.3 is 4.90 Å². The van der Waals surface area contributed by atoms with E-state index in [0.717, 1.165) is 26.1 Å². The molecule has 4 nitrogen and oxygen atoms in total. The summed E-state index contributed by atoms with van der Waals surface area (Å²) < 4.78 is 0. The van der Waals surface area contributed by atoms with Gasteiger partial charge in [-0.15, -0.1) is 0 Å². The average molecular weight is 319 g/mol. The van der Waals surface area contributed by atoms with Crippen molar-refractivity contribution >= 4 is 23.1 Å². The molecule has 0 saturated carbocycles. The molecule has 5 heteroatoms. The van der Waals surface area contributed by atoms with Gasteiger partial charge in [0.25, 0.3) is 0 Å². The van der Waals surface area contributed by atoms with Gasteiger partial charge in [-0.1, -0.05) is 6.92 Å². The molecule has 0 radical (unpaired) electrons. The Morgan fingerprint density at radius 3 is 2.95 bits per heavy atom. The van der Waals surface area contributed by atoms with Crippen molar-refractivity contribution in [2.45, 2.75) is 39.2 Å². The third-order valence-corrected chi connectivity index (χ3v) is 6.11. The Bertz CT molecular complexity index is 536. The molecular weight excluding hydrogens is 294 g/mol. The van der Waals surface area contributed by atoms with Crippen LogP contribution in [0.2, 0.25) is 0 Å². The van der Waals surface area contributed by atoms with Gasteiger partial charge in [-0.25, -0.2) is 0 Å². The molecule has 2 aliphatic rings. The maximum absolute atomic E-state index is 12.2. The molecule has 0 spiro atoms. The number of likely N-dealkylation sites (tertiary alicyclic amines) is 2. The summed E-state index contributed by atoms with van der Waals surface area (Å²) in [6.45, 7) is 5.43. The number of carbonyl (C=O) groups excluding carboxylic acids is 1. The van der Waals surface area contributed by atoms with Crippen molar-refractivity contribution in [3.05, 3.63) is 22.4 Å². The number of rotatable bonds is 3. The fraction of sp³-hybridized carbons (Fsp3) is 0.647. The summed E-state index contributed by atoms with van der Waals surface area (Å²) in [6.07, 6.45) is 3.69. The van der Waals surface area contributed by atoms with E-state index in [9.17, 15) is 4.79 Å². The summed E-state index contributed by atoms with van der Waals surface area (Å²) in [6, 6.07) is 2.20. The van der Waals surface area contributed by atoms with Crippen LogP contribution in [0.3, 0.4) is 0 Å². The summed E-state index contributed by atoms with van der Waals surface area (Å²) >= 11 is 1.75. The van der Waals surface area contributed by atoms with Gasteiger partial charge in [-0.3, -0.25) is 15.1 Å². The molecule has 1 aromatic heterocycles. The van der Waals surface area contributed by atoms with Crippen molar-refractivity contribution in [2.24, 2.45) is 11.3 Å². The number of amides is 1. The van der Waals surface area contributed by atoms with E-state index in [1.54, 1.807) is 18.4 Å². The molecule has 22 heavy (non-hydrogen) atoms. The lowest BCUT2D eigenvalue weighted by Crippen LogP contribution is -2.50. The van der Waals surface area contributed by atoms with Crippen molar-refractivity contribution in [3.8, 4) is 0 Å². The standard InChI is InChI=1S/C17H25N3OS/c1-17(8-15(18)19(2)16(21)9-17)14-4-3-6-20(11-14)10-13-5-7-22-12-13/h5,7,12,14,18H,3-4,6,8-11H2,1-2H3/t14?,17-/m0/s1. The van der Waals surface area contributed by atoms with Gasteiger partial charge in [0.2, 0.25) is 5.91 Å². The Hall–Kier alpha value is -1.20. The lowest BCUT2D eigenvalue weighted by Gasteiger charge is -2.46. The molecule has 2 fully saturated rings. The first-order valence-corrected chi connectivity index (χ1v) is 9.00. The molecule has 2 aliphatic heterocycles. The van der Waals surface area contributed by atoms with Gasteiger partial charge in [0.1, 0.15) is 5.84 Å². The van der Waals surface area contributed by atoms with Crippen molar-refractivity contribution in [1.82, 2.24) is 9.80 Å². The van der Waals surface area contributed by atoms with Crippen LogP contribution in [0.15, 0.2) is 16.8 Å². The van der Waals surface area contributed by atoms with Crippen LogP contribution in [-0.4, -0.2) is 41.7 Å². The molecule has 0 aliphatic carbocycles. The molecule has 0 aromatic carbocycles. The van der Waals surface area contributed by atoms with Crippen LogP contribution in [0, 0.1) is 16.7 Å². The average Bonchev–Trinajstić information content (AvgIpc) is 2.98. The van der Waals surface area contributed by atoms with E-state index in [1.165, 1.54) is 23.3 Å². The predicted molar refractivity (Wildman–Crippen MR) is 90.2 cm³/mol. The van der Waals surface area contributed by atoms with Gasteiger partial charge in [0.15, 0.2) is 0 Å². The maximum atomic E-state index is 12.2. The zero-order valence-corrected chi connectivity index (χ0v) is 14.3. The van der Waals surface area contributed by atoms with Crippen molar-refractivity contribution in [2.75, 3.05) is 20.1 Å². The molecule has 1 unspecified atom stereocenters. The molecular formula is C17H25N3OS. The van der Waals surface area contributed by atoms with E-state index < -0.39 is 0 Å². The first-order chi connectivity index (χ1) is 10.5. The maximum Gasteiger partial charge on any atom is 0.228 e. The quantitative estimate of drug-likeness (QED) is 0.930. The van der Waals surface area contributed by atoms with Crippen LogP contribution >= 0.6 is 11.3 Å². The molecule has 1 N–H and O–H groups in total. The Kier molecular flexibility index (Phi) is 4.37. The van der Waals surface area contributed by atoms with E-state index >= 15 is 0 Å². The molecule has 1 amide bonds. The SMILES string of the molecule is CN1C(=N)C[C@](C)(C2CCCN(Cc3ccsc3)C2)CC1=O. The number of thiophene rings is 1. The summed E-state index contributed by atoms with van der Waals surface area (Å²) in [5, 5.41) is 12.5. The van der Waals surface area contributed by atoms with Crippen molar-refractivity contribution < 1.29 is 4.79 Å². The Labute approximate surface area is 136 Å². The Balaban J connectivity index is 1.68. The van der Waals surface area contributed by atoms with Crippen LogP contribution in [0.1, 0.15) is 38.2 Å². The van der Waals surface area contributed by atoms with Crippen LogP contribution in [0.5, 0.6) is 0 Å². The molecule has 3 rings (SSSR count). The summed E-state index contributed by atoms with van der Waals surface area (Å²) in [7, 11) is 1.73. The first-order valence-electron chi connectivity index (χ1n) is 8.05. The normalized spacial score (nSPS) is 30.8. The number of nitrogens with one attached hydrogen (secondary N) is 1. The monoisotopic (exact) mass is 319 g/mol. The van der Waals surface area contributed by atoms with Crippen molar-refractivity contribution in [1.29, 1.82) is 5.41 Å². The second-order valence-corrected chi connectivity index (χ2v) is 7.89. The molecule has 2 saturated heterocycles. The largest absolute Gasteiger partial charge is 0.304 e. The minimum atomic E-state index is -0.0476. The highest BCUT2D eigenvalue weighted by Crippen LogP contribution is 2.43. The number of carbonyl (C=O) groups is 1. The lowest BCUT2D eigenvalue weighted by molar-refractivity contribution is -0.132. The zero-order valence-electron chi connectivity index (χ0n) is 13.5. The lowest BCUT2D eigenvalue weighted by atomic mass is 9.67. The van der Waals surface area contributed by atoms with Gasteiger partial charge in [0, 0.05) is 33.0 Å². The minimum Gasteiger partial charge on any atom is -0.304 e. The minimum absolute atomic E-state index is 0.0476. The van der Waals surface area contributed by atoms with E-state index in [4.69, 9.17) is 5.41 Å². The van der Waals surface area contributed by atoms with Crippen LogP contribution in [0.4, 0.5) is 0 Å². The third-order valence-electron chi connectivity index (χ3n) is 5.38. The second-order valence-electron chi connectivity index (χ2n) is 7.11. The molecule has 1 aromatic rings. The molecule has 2 atom stereocenters. The van der Waals surface area contributed by atoms with E-state index in [1.807, 2.05) is 0 Å². The highest BCUT2D eigenvalue weighted by Gasteiger charge is 2.43. The molecule has 0 bridgehead atoms. The van der Waals surface area contributed by atoms with Gasteiger partial charge in [-0.05, 0) is 53.1 Å². The number of nitrogens with zero attached hydrogens (tertiary/aromatic N) is 2.